The van der Waals surface area contributed by atoms with Crippen molar-refractivity contribution in [3.63, 3.8) is 0 Å². The summed E-state index contributed by atoms with van der Waals surface area (Å²) in [6.45, 7) is 6.37. The summed E-state index contributed by atoms with van der Waals surface area (Å²) in [5, 5.41) is -0.00819. The molecule has 1 rings (SSSR count). The molecule has 1 aliphatic rings. The van der Waals surface area contributed by atoms with Gasteiger partial charge < -0.3 is 0 Å². The largest absolute Gasteiger partial charge is 0.298 e. The second-order valence-corrected chi connectivity index (χ2v) is 4.81. The van der Waals surface area contributed by atoms with Gasteiger partial charge in [-0.1, -0.05) is 20.8 Å². The van der Waals surface area contributed by atoms with E-state index in [1.807, 2.05) is 0 Å². The molecule has 0 aromatic carbocycles. The Morgan fingerprint density at radius 1 is 1.42 bits per heavy atom. The number of Topliss-reactive ketones (excluding diaryl/α,β-unsaturated/α-hetero) is 1. The second kappa shape index (κ2) is 3.82. The lowest BCUT2D eigenvalue weighted by atomic mass is 9.76. The lowest BCUT2D eigenvalue weighted by Gasteiger charge is -2.32. The number of carbonyl (C=O) groups excluding carboxylic acids is 1. The Bertz CT molecular complexity index is 177. The predicted octanol–water partition coefficient (Wildman–Crippen LogP) is 2.56. The highest BCUT2D eigenvalue weighted by Gasteiger charge is 2.34. The van der Waals surface area contributed by atoms with Crippen LogP contribution in [0.2, 0.25) is 0 Å². The van der Waals surface area contributed by atoms with Gasteiger partial charge in [-0.3, -0.25) is 4.79 Å². The Kier molecular flexibility index (Phi) is 3.22. The molecule has 0 radical (unpaired) electrons. The van der Waals surface area contributed by atoms with E-state index in [-0.39, 0.29) is 11.2 Å². The molecule has 0 N–H and O–H groups in total. The highest BCUT2D eigenvalue weighted by molar-refractivity contribution is 7.81. The number of hydrogen-bond donors (Lipinski definition) is 1. The molecule has 70 valence electrons. The lowest BCUT2D eigenvalue weighted by molar-refractivity contribution is -0.126. The quantitative estimate of drug-likeness (QED) is 0.623. The van der Waals surface area contributed by atoms with Crippen LogP contribution in [0.25, 0.3) is 0 Å². The van der Waals surface area contributed by atoms with Crippen molar-refractivity contribution < 1.29 is 4.79 Å². The summed E-state index contributed by atoms with van der Waals surface area (Å²) in [6, 6.07) is 0. The van der Waals surface area contributed by atoms with Crippen LogP contribution in [-0.2, 0) is 4.79 Å². The van der Waals surface area contributed by atoms with Gasteiger partial charge in [-0.25, -0.2) is 0 Å². The van der Waals surface area contributed by atoms with Gasteiger partial charge in [0.1, 0.15) is 5.78 Å². The topological polar surface area (TPSA) is 17.1 Å². The summed E-state index contributed by atoms with van der Waals surface area (Å²) in [5.74, 6) is 1.59. The van der Waals surface area contributed by atoms with Crippen molar-refractivity contribution in [1.29, 1.82) is 0 Å². The van der Waals surface area contributed by atoms with Crippen LogP contribution in [0, 0.1) is 17.8 Å². The molecule has 1 fully saturated rings. The number of carbonyl (C=O) groups is 1. The Balaban J connectivity index is 2.65. The van der Waals surface area contributed by atoms with Gasteiger partial charge in [0, 0.05) is 5.92 Å². The molecule has 12 heavy (non-hydrogen) atoms. The molecule has 0 heterocycles. The van der Waals surface area contributed by atoms with Gasteiger partial charge in [-0.2, -0.15) is 12.6 Å². The van der Waals surface area contributed by atoms with Crippen molar-refractivity contribution in [2.75, 3.05) is 0 Å². The minimum atomic E-state index is -0.00819. The molecule has 2 heteroatoms. The van der Waals surface area contributed by atoms with Crippen molar-refractivity contribution in [2.45, 2.75) is 38.9 Å². The Hall–Kier alpha value is 0.0200. The van der Waals surface area contributed by atoms with Crippen LogP contribution in [0.5, 0.6) is 0 Å². The molecule has 0 saturated heterocycles. The van der Waals surface area contributed by atoms with E-state index < -0.39 is 0 Å². The molecule has 0 aromatic rings. The predicted molar refractivity (Wildman–Crippen MR) is 54.5 cm³/mol. The summed E-state index contributed by atoms with van der Waals surface area (Å²) < 4.78 is 0. The fourth-order valence-electron chi connectivity index (χ4n) is 1.90. The average molecular weight is 186 g/mol. The first-order valence-corrected chi connectivity index (χ1v) is 5.27. The second-order valence-electron chi connectivity index (χ2n) is 4.25. The SMILES string of the molecule is CC(C)C1CCC(C)C(S)C1=O. The zero-order valence-electron chi connectivity index (χ0n) is 8.08. The molecule has 0 bridgehead atoms. The van der Waals surface area contributed by atoms with E-state index in [1.54, 1.807) is 0 Å². The normalized spacial score (nSPS) is 37.4. The van der Waals surface area contributed by atoms with Crippen LogP contribution in [0.4, 0.5) is 0 Å². The maximum absolute atomic E-state index is 11.7. The van der Waals surface area contributed by atoms with E-state index in [1.165, 1.54) is 0 Å². The maximum Gasteiger partial charge on any atom is 0.149 e. The fraction of sp³-hybridized carbons (Fsp3) is 0.900. The van der Waals surface area contributed by atoms with Crippen LogP contribution >= 0.6 is 12.6 Å². The smallest absolute Gasteiger partial charge is 0.149 e. The fourth-order valence-corrected chi connectivity index (χ4v) is 2.24. The molecule has 3 atom stereocenters. The summed E-state index contributed by atoms with van der Waals surface area (Å²) in [7, 11) is 0. The van der Waals surface area contributed by atoms with E-state index in [2.05, 4.69) is 33.4 Å². The maximum atomic E-state index is 11.7. The third kappa shape index (κ3) is 1.85. The first kappa shape index (κ1) is 10.1. The Labute approximate surface area is 80.3 Å². The molecular weight excluding hydrogens is 168 g/mol. The Morgan fingerprint density at radius 3 is 2.50 bits per heavy atom. The van der Waals surface area contributed by atoms with Crippen molar-refractivity contribution in [3.05, 3.63) is 0 Å². The highest BCUT2D eigenvalue weighted by Crippen LogP contribution is 2.33. The monoisotopic (exact) mass is 186 g/mol. The third-order valence-corrected chi connectivity index (χ3v) is 3.70. The van der Waals surface area contributed by atoms with Crippen molar-refractivity contribution in [3.8, 4) is 0 Å². The van der Waals surface area contributed by atoms with E-state index in [9.17, 15) is 4.79 Å². The van der Waals surface area contributed by atoms with Crippen LogP contribution in [0.3, 0.4) is 0 Å². The minimum Gasteiger partial charge on any atom is -0.298 e. The molecule has 1 nitrogen and oxygen atoms in total. The van der Waals surface area contributed by atoms with Crippen LogP contribution in [-0.4, -0.2) is 11.0 Å². The number of rotatable bonds is 1. The third-order valence-electron chi connectivity index (χ3n) is 2.93. The van der Waals surface area contributed by atoms with Gasteiger partial charge in [-0.15, -0.1) is 0 Å². The summed E-state index contributed by atoms with van der Waals surface area (Å²) in [6.07, 6.45) is 2.22. The summed E-state index contributed by atoms with van der Waals surface area (Å²) >= 11 is 4.36. The van der Waals surface area contributed by atoms with Gasteiger partial charge in [0.15, 0.2) is 0 Å². The molecule has 1 aliphatic carbocycles. The first-order valence-electron chi connectivity index (χ1n) is 4.75. The minimum absolute atomic E-state index is 0.00819. The number of ketones is 1. The molecule has 0 aliphatic heterocycles. The molecule has 1 saturated carbocycles. The van der Waals surface area contributed by atoms with Crippen molar-refractivity contribution >= 4 is 18.4 Å². The van der Waals surface area contributed by atoms with Gasteiger partial charge in [0.05, 0.1) is 5.25 Å². The van der Waals surface area contributed by atoms with Gasteiger partial charge in [0.25, 0.3) is 0 Å². The standard InChI is InChI=1S/C10H18OS/c1-6(2)8-5-4-7(3)10(12)9(8)11/h6-8,10,12H,4-5H2,1-3H3. The van der Waals surface area contributed by atoms with Gasteiger partial charge in [-0.05, 0) is 24.7 Å². The number of hydrogen-bond acceptors (Lipinski definition) is 2. The molecular formula is C10H18OS. The van der Waals surface area contributed by atoms with E-state index >= 15 is 0 Å². The average Bonchev–Trinajstić information content (AvgIpc) is 2.00. The van der Waals surface area contributed by atoms with E-state index in [0.717, 1.165) is 12.8 Å². The summed E-state index contributed by atoms with van der Waals surface area (Å²) in [5.41, 5.74) is 0. The zero-order chi connectivity index (χ0) is 9.30. The van der Waals surface area contributed by atoms with Crippen molar-refractivity contribution in [1.82, 2.24) is 0 Å². The van der Waals surface area contributed by atoms with E-state index in [0.29, 0.717) is 17.6 Å². The van der Waals surface area contributed by atoms with E-state index in [4.69, 9.17) is 0 Å². The Morgan fingerprint density at radius 2 is 2.00 bits per heavy atom. The molecule has 0 amide bonds. The van der Waals surface area contributed by atoms with Gasteiger partial charge >= 0.3 is 0 Å². The molecule has 3 unspecified atom stereocenters. The van der Waals surface area contributed by atoms with Crippen molar-refractivity contribution in [2.24, 2.45) is 17.8 Å². The first-order chi connectivity index (χ1) is 5.54. The lowest BCUT2D eigenvalue weighted by Crippen LogP contribution is -2.37. The molecule has 0 spiro atoms. The van der Waals surface area contributed by atoms with Crippen LogP contribution in [0.1, 0.15) is 33.6 Å². The van der Waals surface area contributed by atoms with Crippen LogP contribution < -0.4 is 0 Å². The highest BCUT2D eigenvalue weighted by atomic mass is 32.1. The number of thiol groups is 1. The zero-order valence-corrected chi connectivity index (χ0v) is 8.97. The summed E-state index contributed by atoms with van der Waals surface area (Å²) in [4.78, 5) is 11.7. The molecule has 0 aromatic heterocycles. The van der Waals surface area contributed by atoms with Crippen LogP contribution in [0.15, 0.2) is 0 Å². The van der Waals surface area contributed by atoms with Gasteiger partial charge in [0.2, 0.25) is 0 Å².